The summed E-state index contributed by atoms with van der Waals surface area (Å²) >= 11 is 0. The minimum atomic E-state index is -0.464. The fourth-order valence-electron chi connectivity index (χ4n) is 2.41. The van der Waals surface area contributed by atoms with Gasteiger partial charge < -0.3 is 5.11 Å². The Morgan fingerprint density at radius 3 is 2.60 bits per heavy atom. The van der Waals surface area contributed by atoms with E-state index >= 15 is 0 Å². The molecule has 1 aliphatic rings. The molecule has 0 aromatic heterocycles. The predicted octanol–water partition coefficient (Wildman–Crippen LogP) is 2.72. The average molecular weight is 204 g/mol. The Bertz CT molecular complexity index is 340. The molecule has 0 amide bonds. The van der Waals surface area contributed by atoms with Crippen LogP contribution in [0.1, 0.15) is 47.7 Å². The number of rotatable bonds is 3. The molecule has 2 rings (SSSR count). The lowest BCUT2D eigenvalue weighted by Gasteiger charge is -2.19. The second kappa shape index (κ2) is 4.58. The number of benzene rings is 1. The monoisotopic (exact) mass is 204 g/mol. The highest BCUT2D eigenvalue weighted by atomic mass is 16.3. The molecule has 1 atom stereocenters. The predicted molar refractivity (Wildman–Crippen MR) is 58.7 cm³/mol. The minimum absolute atomic E-state index is 0.339. The van der Waals surface area contributed by atoms with Crippen LogP contribution in [0.5, 0.6) is 0 Å². The lowest BCUT2D eigenvalue weighted by molar-refractivity contribution is 0.105. The van der Waals surface area contributed by atoms with Crippen LogP contribution in [0, 0.1) is 5.92 Å². The van der Waals surface area contributed by atoms with Crippen LogP contribution in [0.25, 0.3) is 0 Å². The molecule has 1 unspecified atom stereocenters. The maximum absolute atomic E-state index is 10.8. The van der Waals surface area contributed by atoms with Crippen molar-refractivity contribution in [2.45, 2.75) is 31.8 Å². The molecule has 1 aromatic rings. The Morgan fingerprint density at radius 1 is 1.27 bits per heavy atom. The van der Waals surface area contributed by atoms with Crippen molar-refractivity contribution in [2.75, 3.05) is 0 Å². The van der Waals surface area contributed by atoms with Crippen LogP contribution in [-0.4, -0.2) is 11.4 Å². The number of aldehydes is 1. The summed E-state index contributed by atoms with van der Waals surface area (Å²) in [6, 6.07) is 7.32. The molecule has 15 heavy (non-hydrogen) atoms. The van der Waals surface area contributed by atoms with Gasteiger partial charge in [-0.05, 0) is 24.3 Å². The molecule has 0 heterocycles. The van der Waals surface area contributed by atoms with Crippen LogP contribution < -0.4 is 0 Å². The van der Waals surface area contributed by atoms with Gasteiger partial charge in [0.15, 0.2) is 0 Å². The van der Waals surface area contributed by atoms with Gasteiger partial charge in [-0.1, -0.05) is 37.1 Å². The highest BCUT2D eigenvalue weighted by Crippen LogP contribution is 2.36. The summed E-state index contributed by atoms with van der Waals surface area (Å²) in [7, 11) is 0. The summed E-state index contributed by atoms with van der Waals surface area (Å²) in [6.45, 7) is 0. The zero-order valence-electron chi connectivity index (χ0n) is 8.73. The van der Waals surface area contributed by atoms with E-state index < -0.39 is 6.10 Å². The van der Waals surface area contributed by atoms with E-state index in [1.807, 2.05) is 18.2 Å². The molecule has 1 N–H and O–H groups in total. The molecule has 0 radical (unpaired) electrons. The van der Waals surface area contributed by atoms with Crippen molar-refractivity contribution in [1.82, 2.24) is 0 Å². The molecule has 1 fully saturated rings. The Kier molecular flexibility index (Phi) is 3.17. The first kappa shape index (κ1) is 10.4. The van der Waals surface area contributed by atoms with Crippen molar-refractivity contribution >= 4 is 6.29 Å². The lowest BCUT2D eigenvalue weighted by atomic mass is 9.92. The molecule has 80 valence electrons. The van der Waals surface area contributed by atoms with Crippen molar-refractivity contribution in [1.29, 1.82) is 0 Å². The largest absolute Gasteiger partial charge is 0.388 e. The summed E-state index contributed by atoms with van der Waals surface area (Å²) in [4.78, 5) is 10.8. The van der Waals surface area contributed by atoms with E-state index in [1.165, 1.54) is 12.8 Å². The van der Waals surface area contributed by atoms with E-state index in [9.17, 15) is 9.90 Å². The van der Waals surface area contributed by atoms with E-state index in [1.54, 1.807) is 6.07 Å². The third kappa shape index (κ3) is 2.10. The third-order valence-corrected chi connectivity index (χ3v) is 3.29. The molecule has 0 spiro atoms. The summed E-state index contributed by atoms with van der Waals surface area (Å²) in [5, 5.41) is 10.2. The maximum atomic E-state index is 10.8. The van der Waals surface area contributed by atoms with Gasteiger partial charge >= 0.3 is 0 Å². The van der Waals surface area contributed by atoms with Gasteiger partial charge in [-0.3, -0.25) is 4.79 Å². The highest BCUT2D eigenvalue weighted by Gasteiger charge is 2.25. The smallest absolute Gasteiger partial charge is 0.150 e. The summed E-state index contributed by atoms with van der Waals surface area (Å²) < 4.78 is 0. The van der Waals surface area contributed by atoms with E-state index in [-0.39, 0.29) is 0 Å². The molecule has 1 aliphatic carbocycles. The number of hydrogen-bond acceptors (Lipinski definition) is 2. The zero-order chi connectivity index (χ0) is 10.7. The van der Waals surface area contributed by atoms with Gasteiger partial charge in [0.2, 0.25) is 0 Å². The normalized spacial score (nSPS) is 19.0. The molecule has 2 nitrogen and oxygen atoms in total. The Hall–Kier alpha value is -1.15. The number of aliphatic hydroxyl groups is 1. The first-order valence-corrected chi connectivity index (χ1v) is 5.55. The molecule has 1 saturated carbocycles. The van der Waals surface area contributed by atoms with Crippen molar-refractivity contribution in [3.05, 3.63) is 35.4 Å². The lowest BCUT2D eigenvalue weighted by Crippen LogP contribution is -2.10. The van der Waals surface area contributed by atoms with Crippen molar-refractivity contribution in [2.24, 2.45) is 5.92 Å². The quantitative estimate of drug-likeness (QED) is 0.769. The molecule has 0 bridgehead atoms. The van der Waals surface area contributed by atoms with Crippen LogP contribution in [0.4, 0.5) is 0 Å². The van der Waals surface area contributed by atoms with Crippen LogP contribution in [0.3, 0.4) is 0 Å². The minimum Gasteiger partial charge on any atom is -0.388 e. The number of carbonyl (C=O) groups is 1. The van der Waals surface area contributed by atoms with Gasteiger partial charge in [0.25, 0.3) is 0 Å². The Labute approximate surface area is 89.9 Å². The average Bonchev–Trinajstić information content (AvgIpc) is 2.81. The van der Waals surface area contributed by atoms with E-state index in [4.69, 9.17) is 0 Å². The molecule has 0 aliphatic heterocycles. The van der Waals surface area contributed by atoms with Gasteiger partial charge in [0.05, 0.1) is 6.10 Å². The molecule has 2 heteroatoms. The van der Waals surface area contributed by atoms with Crippen molar-refractivity contribution < 1.29 is 9.90 Å². The van der Waals surface area contributed by atoms with Gasteiger partial charge in [-0.15, -0.1) is 0 Å². The van der Waals surface area contributed by atoms with Crippen LogP contribution in [0.15, 0.2) is 24.3 Å². The van der Waals surface area contributed by atoms with Gasteiger partial charge in [0, 0.05) is 5.56 Å². The Balaban J connectivity index is 2.23. The second-order valence-corrected chi connectivity index (χ2v) is 4.24. The third-order valence-electron chi connectivity index (χ3n) is 3.29. The Morgan fingerprint density at radius 2 is 1.93 bits per heavy atom. The van der Waals surface area contributed by atoms with E-state index in [0.717, 1.165) is 24.7 Å². The zero-order valence-corrected chi connectivity index (χ0v) is 8.73. The standard InChI is InChI=1S/C13H16O2/c14-9-11-7-3-4-8-12(11)13(15)10-5-1-2-6-10/h3-4,7-10,13,15H,1-2,5-6H2. The van der Waals surface area contributed by atoms with Gasteiger partial charge in [0.1, 0.15) is 6.29 Å². The summed E-state index contributed by atoms with van der Waals surface area (Å²) in [5.74, 6) is 0.339. The van der Waals surface area contributed by atoms with Crippen LogP contribution in [0.2, 0.25) is 0 Å². The van der Waals surface area contributed by atoms with Gasteiger partial charge in [-0.2, -0.15) is 0 Å². The number of aliphatic hydroxyl groups excluding tert-OH is 1. The number of hydrogen-bond donors (Lipinski definition) is 1. The highest BCUT2D eigenvalue weighted by molar-refractivity contribution is 5.77. The summed E-state index contributed by atoms with van der Waals surface area (Å²) in [5.41, 5.74) is 1.41. The summed E-state index contributed by atoms with van der Waals surface area (Å²) in [6.07, 6.45) is 4.92. The molecular formula is C13H16O2. The van der Waals surface area contributed by atoms with E-state index in [0.29, 0.717) is 11.5 Å². The van der Waals surface area contributed by atoms with Crippen LogP contribution >= 0.6 is 0 Å². The molecular weight excluding hydrogens is 188 g/mol. The van der Waals surface area contributed by atoms with E-state index in [2.05, 4.69) is 0 Å². The maximum Gasteiger partial charge on any atom is 0.150 e. The van der Waals surface area contributed by atoms with Crippen molar-refractivity contribution in [3.63, 3.8) is 0 Å². The number of carbonyl (C=O) groups excluding carboxylic acids is 1. The molecule has 1 aromatic carbocycles. The van der Waals surface area contributed by atoms with Gasteiger partial charge in [-0.25, -0.2) is 0 Å². The van der Waals surface area contributed by atoms with Crippen molar-refractivity contribution in [3.8, 4) is 0 Å². The molecule has 0 saturated heterocycles. The SMILES string of the molecule is O=Cc1ccccc1C(O)C1CCCC1. The fraction of sp³-hybridized carbons (Fsp3) is 0.462. The second-order valence-electron chi connectivity index (χ2n) is 4.24. The fourth-order valence-corrected chi connectivity index (χ4v) is 2.41. The van der Waals surface area contributed by atoms with Crippen LogP contribution in [-0.2, 0) is 0 Å². The topological polar surface area (TPSA) is 37.3 Å². The first-order chi connectivity index (χ1) is 7.33. The first-order valence-electron chi connectivity index (χ1n) is 5.55.